The molecule has 0 aromatic heterocycles. The van der Waals surface area contributed by atoms with Crippen LogP contribution in [0.15, 0.2) is 12.3 Å². The molecule has 0 bridgehead atoms. The van der Waals surface area contributed by atoms with Crippen molar-refractivity contribution >= 4 is 20.5 Å². The summed E-state index contributed by atoms with van der Waals surface area (Å²) in [6.45, 7) is 9.81. The summed E-state index contributed by atoms with van der Waals surface area (Å²) >= 11 is 0. The molecule has 0 saturated carbocycles. The molecule has 0 aromatic rings. The van der Waals surface area contributed by atoms with Gasteiger partial charge in [0.05, 0.1) is 0 Å². The predicted octanol–water partition coefficient (Wildman–Crippen LogP) is 1.69. The van der Waals surface area contributed by atoms with Gasteiger partial charge < -0.3 is 8.85 Å². The SMILES string of the molecule is C=C[Si](OC(C)=O)(OC(C)=O)C(C)C. The zero-order valence-corrected chi connectivity index (χ0v) is 9.99. The molecule has 0 rings (SSSR count). The van der Waals surface area contributed by atoms with E-state index in [1.165, 1.54) is 19.5 Å². The van der Waals surface area contributed by atoms with E-state index in [-0.39, 0.29) is 5.54 Å². The van der Waals surface area contributed by atoms with Gasteiger partial charge >= 0.3 is 8.56 Å². The summed E-state index contributed by atoms with van der Waals surface area (Å²) in [7, 11) is -2.91. The number of hydrogen-bond donors (Lipinski definition) is 0. The highest BCUT2D eigenvalue weighted by Crippen LogP contribution is 2.24. The van der Waals surface area contributed by atoms with Crippen LogP contribution in [0.4, 0.5) is 0 Å². The third kappa shape index (κ3) is 3.33. The maximum absolute atomic E-state index is 10.9. The predicted molar refractivity (Wildman–Crippen MR) is 54.6 cm³/mol. The second kappa shape index (κ2) is 4.95. The lowest BCUT2D eigenvalue weighted by molar-refractivity contribution is -0.138. The van der Waals surface area contributed by atoms with Gasteiger partial charge in [-0.15, -0.1) is 6.58 Å². The molecule has 0 unspecified atom stereocenters. The van der Waals surface area contributed by atoms with Crippen LogP contribution in [0.1, 0.15) is 27.7 Å². The molecule has 4 nitrogen and oxygen atoms in total. The quantitative estimate of drug-likeness (QED) is 0.671. The van der Waals surface area contributed by atoms with Gasteiger partial charge in [-0.05, 0) is 5.70 Å². The normalized spacial score (nSPS) is 10.9. The van der Waals surface area contributed by atoms with Gasteiger partial charge in [-0.1, -0.05) is 13.8 Å². The molecule has 0 aromatic carbocycles. The Balaban J connectivity index is 4.87. The van der Waals surface area contributed by atoms with Crippen LogP contribution in [-0.2, 0) is 18.4 Å². The maximum Gasteiger partial charge on any atom is 0.494 e. The Labute approximate surface area is 85.1 Å². The van der Waals surface area contributed by atoms with Gasteiger partial charge in [-0.2, -0.15) is 0 Å². The second-order valence-corrected chi connectivity index (χ2v) is 6.68. The fraction of sp³-hybridized carbons (Fsp3) is 0.556. The first-order chi connectivity index (χ1) is 6.34. The van der Waals surface area contributed by atoms with Crippen molar-refractivity contribution < 1.29 is 18.4 Å². The van der Waals surface area contributed by atoms with Gasteiger partial charge in [-0.3, -0.25) is 9.59 Å². The van der Waals surface area contributed by atoms with Crippen molar-refractivity contribution in [3.63, 3.8) is 0 Å². The molecule has 0 radical (unpaired) electrons. The number of rotatable bonds is 4. The summed E-state index contributed by atoms with van der Waals surface area (Å²) in [4.78, 5) is 21.8. The topological polar surface area (TPSA) is 52.6 Å². The molecule has 5 heteroatoms. The van der Waals surface area contributed by atoms with Gasteiger partial charge in [0.15, 0.2) is 0 Å². The van der Waals surface area contributed by atoms with Crippen LogP contribution in [0.3, 0.4) is 0 Å². The standard InChI is InChI=1S/C9H16O4Si/c1-6-14(7(2)3,12-8(4)10)13-9(5)11/h6-7H,1H2,2-5H3. The molecule has 0 heterocycles. The van der Waals surface area contributed by atoms with Crippen molar-refractivity contribution in [2.24, 2.45) is 0 Å². The minimum atomic E-state index is -2.91. The lowest BCUT2D eigenvalue weighted by Crippen LogP contribution is -2.46. The highest BCUT2D eigenvalue weighted by atomic mass is 28.4. The average molecular weight is 216 g/mol. The van der Waals surface area contributed by atoms with Gasteiger partial charge in [-0.25, -0.2) is 0 Å². The van der Waals surface area contributed by atoms with Crippen molar-refractivity contribution in [3.05, 3.63) is 12.3 Å². The van der Waals surface area contributed by atoms with E-state index in [0.29, 0.717) is 0 Å². The Kier molecular flexibility index (Phi) is 4.56. The number of carbonyl (C=O) groups excluding carboxylic acids is 2. The second-order valence-electron chi connectivity index (χ2n) is 3.27. The van der Waals surface area contributed by atoms with Crippen LogP contribution >= 0.6 is 0 Å². The van der Waals surface area contributed by atoms with Crippen LogP contribution in [0, 0.1) is 0 Å². The first-order valence-electron chi connectivity index (χ1n) is 4.37. The van der Waals surface area contributed by atoms with E-state index >= 15 is 0 Å². The zero-order valence-electron chi connectivity index (χ0n) is 8.99. The Morgan fingerprint density at radius 2 is 1.57 bits per heavy atom. The molecule has 0 spiro atoms. The molecule has 0 aliphatic carbocycles. The van der Waals surface area contributed by atoms with Crippen molar-refractivity contribution in [1.82, 2.24) is 0 Å². The summed E-state index contributed by atoms with van der Waals surface area (Å²) in [5, 5.41) is 0. The monoisotopic (exact) mass is 216 g/mol. The maximum atomic E-state index is 10.9. The van der Waals surface area contributed by atoms with E-state index in [4.69, 9.17) is 8.85 Å². The minimum absolute atomic E-state index is 0.0483. The summed E-state index contributed by atoms with van der Waals surface area (Å²) in [6.07, 6.45) is 0. The highest BCUT2D eigenvalue weighted by Gasteiger charge is 2.44. The van der Waals surface area contributed by atoms with Crippen LogP contribution in [0.2, 0.25) is 5.54 Å². The third-order valence-electron chi connectivity index (χ3n) is 1.70. The molecule has 0 saturated heterocycles. The van der Waals surface area contributed by atoms with E-state index in [1.807, 2.05) is 13.8 Å². The van der Waals surface area contributed by atoms with E-state index in [9.17, 15) is 9.59 Å². The molecule has 0 fully saturated rings. The van der Waals surface area contributed by atoms with Crippen molar-refractivity contribution in [2.45, 2.75) is 33.2 Å². The van der Waals surface area contributed by atoms with Crippen LogP contribution < -0.4 is 0 Å². The molecule has 14 heavy (non-hydrogen) atoms. The Morgan fingerprint density at radius 1 is 1.21 bits per heavy atom. The minimum Gasteiger partial charge on any atom is -0.482 e. The van der Waals surface area contributed by atoms with Gasteiger partial charge in [0.2, 0.25) is 0 Å². The lowest BCUT2D eigenvalue weighted by Gasteiger charge is -2.28. The molecule has 0 N–H and O–H groups in total. The van der Waals surface area contributed by atoms with Crippen LogP contribution in [0.25, 0.3) is 0 Å². The molecule has 0 aliphatic heterocycles. The summed E-state index contributed by atoms with van der Waals surface area (Å²) in [5.74, 6) is -0.905. The van der Waals surface area contributed by atoms with Crippen molar-refractivity contribution in [3.8, 4) is 0 Å². The molecule has 0 atom stereocenters. The Hall–Kier alpha value is -1.10. The first kappa shape index (κ1) is 12.9. The van der Waals surface area contributed by atoms with Gasteiger partial charge in [0, 0.05) is 19.4 Å². The first-order valence-corrected chi connectivity index (χ1v) is 6.34. The Bertz CT molecular complexity index is 231. The number of hydrogen-bond acceptors (Lipinski definition) is 4. The highest BCUT2D eigenvalue weighted by molar-refractivity contribution is 6.76. The van der Waals surface area contributed by atoms with E-state index in [2.05, 4.69) is 6.58 Å². The molecular weight excluding hydrogens is 200 g/mol. The fourth-order valence-electron chi connectivity index (χ4n) is 1.02. The molecular formula is C9H16O4Si. The third-order valence-corrected chi connectivity index (χ3v) is 5.09. The van der Waals surface area contributed by atoms with Crippen molar-refractivity contribution in [1.29, 1.82) is 0 Å². The van der Waals surface area contributed by atoms with E-state index in [1.54, 1.807) is 0 Å². The Morgan fingerprint density at radius 3 is 1.71 bits per heavy atom. The summed E-state index contributed by atoms with van der Waals surface area (Å²) in [6, 6.07) is 0. The van der Waals surface area contributed by atoms with E-state index < -0.39 is 20.5 Å². The lowest BCUT2D eigenvalue weighted by atomic mass is 10.6. The van der Waals surface area contributed by atoms with E-state index in [0.717, 1.165) is 0 Å². The zero-order chi connectivity index (χ0) is 11.4. The average Bonchev–Trinajstić information content (AvgIpc) is 2.00. The molecule has 80 valence electrons. The van der Waals surface area contributed by atoms with Crippen LogP contribution in [0.5, 0.6) is 0 Å². The van der Waals surface area contributed by atoms with Gasteiger partial charge in [0.25, 0.3) is 11.9 Å². The van der Waals surface area contributed by atoms with Crippen molar-refractivity contribution in [2.75, 3.05) is 0 Å². The summed E-state index contributed by atoms with van der Waals surface area (Å²) in [5.41, 5.74) is 1.41. The molecule has 0 amide bonds. The largest absolute Gasteiger partial charge is 0.494 e. The van der Waals surface area contributed by atoms with Crippen LogP contribution in [-0.4, -0.2) is 20.5 Å². The molecule has 0 aliphatic rings. The number of carbonyl (C=O) groups is 2. The summed E-state index contributed by atoms with van der Waals surface area (Å²) < 4.78 is 10.2. The van der Waals surface area contributed by atoms with Gasteiger partial charge in [0.1, 0.15) is 0 Å². The fourth-order valence-corrected chi connectivity index (χ4v) is 3.07. The smallest absolute Gasteiger partial charge is 0.482 e.